The molecule has 5 nitrogen and oxygen atoms in total. The van der Waals surface area contributed by atoms with Crippen LogP contribution in [0.5, 0.6) is 0 Å². The Morgan fingerprint density at radius 2 is 1.57 bits per heavy atom. The first-order valence-electron chi connectivity index (χ1n) is 4.80. The number of hydrogen-bond acceptors (Lipinski definition) is 5. The van der Waals surface area contributed by atoms with E-state index < -0.39 is 31.0 Å². The first kappa shape index (κ1) is 13.8. The maximum atomic E-state index is 9.46. The maximum absolute atomic E-state index is 9.46. The van der Waals surface area contributed by atoms with Crippen LogP contribution in [0.15, 0.2) is 0 Å². The molecule has 6 N–H and O–H groups in total. The van der Waals surface area contributed by atoms with Gasteiger partial charge in [-0.2, -0.15) is 0 Å². The number of nitrogens with two attached hydrogens (primary N) is 1. The SMILES string of the molecule is CC(C)C[C@@H](O)[C@H](O)[C@H](O)[C@@H](N)CO. The highest BCUT2D eigenvalue weighted by atomic mass is 16.4. The van der Waals surface area contributed by atoms with Crippen LogP contribution in [0.4, 0.5) is 0 Å². The van der Waals surface area contributed by atoms with Crippen LogP contribution >= 0.6 is 0 Å². The summed E-state index contributed by atoms with van der Waals surface area (Å²) < 4.78 is 0. The number of aliphatic hydroxyl groups excluding tert-OH is 4. The van der Waals surface area contributed by atoms with Crippen LogP contribution in [-0.4, -0.2) is 51.4 Å². The lowest BCUT2D eigenvalue weighted by Crippen LogP contribution is -2.50. The van der Waals surface area contributed by atoms with Gasteiger partial charge in [0.1, 0.15) is 6.10 Å². The van der Waals surface area contributed by atoms with Crippen molar-refractivity contribution < 1.29 is 20.4 Å². The lowest BCUT2D eigenvalue weighted by Gasteiger charge is -2.27. The molecule has 0 rings (SSSR count). The van der Waals surface area contributed by atoms with E-state index in [4.69, 9.17) is 10.8 Å². The molecule has 0 aliphatic heterocycles. The molecule has 0 aliphatic rings. The van der Waals surface area contributed by atoms with Gasteiger partial charge in [-0.1, -0.05) is 13.8 Å². The monoisotopic (exact) mass is 207 g/mol. The average molecular weight is 207 g/mol. The van der Waals surface area contributed by atoms with Crippen molar-refractivity contribution in [2.24, 2.45) is 11.7 Å². The largest absolute Gasteiger partial charge is 0.395 e. The van der Waals surface area contributed by atoms with E-state index in [2.05, 4.69) is 0 Å². The molecular formula is C9H21NO4. The molecule has 0 aromatic carbocycles. The predicted molar refractivity (Wildman–Crippen MR) is 52.5 cm³/mol. The molecule has 0 aliphatic carbocycles. The third kappa shape index (κ3) is 4.34. The van der Waals surface area contributed by atoms with Crippen molar-refractivity contribution in [1.29, 1.82) is 0 Å². The zero-order valence-corrected chi connectivity index (χ0v) is 8.67. The molecule has 0 bridgehead atoms. The van der Waals surface area contributed by atoms with E-state index in [1.54, 1.807) is 0 Å². The van der Waals surface area contributed by atoms with Crippen molar-refractivity contribution in [2.45, 2.75) is 44.6 Å². The molecule has 0 aromatic rings. The highest BCUT2D eigenvalue weighted by Crippen LogP contribution is 2.11. The molecule has 4 atom stereocenters. The summed E-state index contributed by atoms with van der Waals surface area (Å²) in [7, 11) is 0. The Morgan fingerprint density at radius 1 is 1.07 bits per heavy atom. The fourth-order valence-electron chi connectivity index (χ4n) is 1.21. The normalized spacial score (nSPS) is 20.6. The highest BCUT2D eigenvalue weighted by Gasteiger charge is 2.29. The van der Waals surface area contributed by atoms with Gasteiger partial charge in [0.2, 0.25) is 0 Å². The van der Waals surface area contributed by atoms with E-state index >= 15 is 0 Å². The van der Waals surface area contributed by atoms with E-state index in [1.807, 2.05) is 13.8 Å². The van der Waals surface area contributed by atoms with Crippen molar-refractivity contribution in [2.75, 3.05) is 6.61 Å². The second kappa shape index (κ2) is 6.31. The number of hydrogen-bond donors (Lipinski definition) is 5. The minimum atomic E-state index is -1.31. The molecule has 0 saturated carbocycles. The van der Waals surface area contributed by atoms with Gasteiger partial charge >= 0.3 is 0 Å². The van der Waals surface area contributed by atoms with Crippen LogP contribution < -0.4 is 5.73 Å². The molecule has 0 saturated heterocycles. The average Bonchev–Trinajstić information content (AvgIpc) is 2.13. The van der Waals surface area contributed by atoms with Gasteiger partial charge in [-0.25, -0.2) is 0 Å². The van der Waals surface area contributed by atoms with Crippen molar-refractivity contribution >= 4 is 0 Å². The van der Waals surface area contributed by atoms with Gasteiger partial charge < -0.3 is 26.2 Å². The molecule has 0 amide bonds. The topological polar surface area (TPSA) is 107 Å². The summed E-state index contributed by atoms with van der Waals surface area (Å²) in [4.78, 5) is 0. The van der Waals surface area contributed by atoms with Gasteiger partial charge in [0.25, 0.3) is 0 Å². The molecule has 5 heteroatoms. The Bertz CT molecular complexity index is 154. The molecule has 0 aromatic heterocycles. The highest BCUT2D eigenvalue weighted by molar-refractivity contribution is 4.83. The number of aliphatic hydroxyl groups is 4. The fourth-order valence-corrected chi connectivity index (χ4v) is 1.21. The standard InChI is InChI=1S/C9H21NO4/c1-5(2)3-7(12)9(14)8(13)6(10)4-11/h5-9,11-14H,3-4,10H2,1-2H3/t6-,7+,8+,9-/m0/s1. The van der Waals surface area contributed by atoms with E-state index in [1.165, 1.54) is 0 Å². The van der Waals surface area contributed by atoms with Gasteiger partial charge in [-0.3, -0.25) is 0 Å². The Labute approximate surface area is 84.2 Å². The minimum absolute atomic E-state index is 0.220. The zero-order valence-electron chi connectivity index (χ0n) is 8.67. The van der Waals surface area contributed by atoms with Crippen LogP contribution in [0.3, 0.4) is 0 Å². The van der Waals surface area contributed by atoms with Crippen LogP contribution in [-0.2, 0) is 0 Å². The molecule has 0 spiro atoms. The number of rotatable bonds is 6. The van der Waals surface area contributed by atoms with E-state index in [0.29, 0.717) is 6.42 Å². The van der Waals surface area contributed by atoms with Gasteiger partial charge in [0.15, 0.2) is 0 Å². The second-order valence-corrected chi connectivity index (χ2v) is 4.02. The maximum Gasteiger partial charge on any atom is 0.107 e. The van der Waals surface area contributed by atoms with Crippen LogP contribution in [0.2, 0.25) is 0 Å². The Morgan fingerprint density at radius 3 is 1.93 bits per heavy atom. The van der Waals surface area contributed by atoms with Crippen molar-refractivity contribution in [3.05, 3.63) is 0 Å². The summed E-state index contributed by atoms with van der Waals surface area (Å²) in [5, 5.41) is 36.9. The molecule has 0 unspecified atom stereocenters. The minimum Gasteiger partial charge on any atom is -0.395 e. The molecular weight excluding hydrogens is 186 g/mol. The molecule has 86 valence electrons. The van der Waals surface area contributed by atoms with Gasteiger partial charge in [-0.05, 0) is 12.3 Å². The Balaban J connectivity index is 4.09. The van der Waals surface area contributed by atoms with Gasteiger partial charge in [0.05, 0.1) is 24.9 Å². The second-order valence-electron chi connectivity index (χ2n) is 4.02. The van der Waals surface area contributed by atoms with E-state index in [9.17, 15) is 15.3 Å². The van der Waals surface area contributed by atoms with Gasteiger partial charge in [-0.15, -0.1) is 0 Å². The summed E-state index contributed by atoms with van der Waals surface area (Å²) in [6.07, 6.45) is -3.23. The molecule has 14 heavy (non-hydrogen) atoms. The third-order valence-electron chi connectivity index (χ3n) is 2.11. The van der Waals surface area contributed by atoms with Crippen molar-refractivity contribution in [1.82, 2.24) is 0 Å². The molecule has 0 fully saturated rings. The lowest BCUT2D eigenvalue weighted by molar-refractivity contribution is -0.0780. The van der Waals surface area contributed by atoms with Crippen LogP contribution in [0, 0.1) is 5.92 Å². The predicted octanol–water partition coefficient (Wildman–Crippen LogP) is -1.57. The summed E-state index contributed by atoms with van der Waals surface area (Å²) in [5.74, 6) is 0.220. The first-order chi connectivity index (χ1) is 6.40. The Kier molecular flexibility index (Phi) is 6.22. The fraction of sp³-hybridized carbons (Fsp3) is 1.00. The molecule has 0 heterocycles. The van der Waals surface area contributed by atoms with Crippen molar-refractivity contribution in [3.8, 4) is 0 Å². The van der Waals surface area contributed by atoms with E-state index in [-0.39, 0.29) is 5.92 Å². The summed E-state index contributed by atoms with van der Waals surface area (Å²) in [6, 6.07) is -0.924. The smallest absolute Gasteiger partial charge is 0.107 e. The quantitative estimate of drug-likeness (QED) is 0.362. The lowest BCUT2D eigenvalue weighted by atomic mass is 9.96. The third-order valence-corrected chi connectivity index (χ3v) is 2.11. The Hall–Kier alpha value is -0.200. The summed E-state index contributed by atoms with van der Waals surface area (Å²) in [5.41, 5.74) is 5.31. The zero-order chi connectivity index (χ0) is 11.3. The van der Waals surface area contributed by atoms with Crippen molar-refractivity contribution in [3.63, 3.8) is 0 Å². The van der Waals surface area contributed by atoms with Crippen LogP contribution in [0.25, 0.3) is 0 Å². The first-order valence-corrected chi connectivity index (χ1v) is 4.80. The van der Waals surface area contributed by atoms with Crippen LogP contribution in [0.1, 0.15) is 20.3 Å². The summed E-state index contributed by atoms with van der Waals surface area (Å²) >= 11 is 0. The summed E-state index contributed by atoms with van der Waals surface area (Å²) in [6.45, 7) is 3.37. The molecule has 0 radical (unpaired) electrons. The van der Waals surface area contributed by atoms with Gasteiger partial charge in [0, 0.05) is 0 Å². The van der Waals surface area contributed by atoms with E-state index in [0.717, 1.165) is 0 Å².